The number of nitrogens with one attached hydrogen (secondary N) is 1. The maximum absolute atomic E-state index is 12.5. The van der Waals surface area contributed by atoms with Gasteiger partial charge in [0, 0.05) is 37.6 Å². The molecule has 24 heavy (non-hydrogen) atoms. The molecule has 1 unspecified atom stereocenters. The van der Waals surface area contributed by atoms with Crippen LogP contribution in [0, 0.1) is 12.8 Å². The maximum Gasteiger partial charge on any atom is 0.317 e. The Morgan fingerprint density at radius 1 is 1.33 bits per heavy atom. The van der Waals surface area contributed by atoms with E-state index in [1.807, 2.05) is 4.90 Å². The van der Waals surface area contributed by atoms with Gasteiger partial charge in [0.05, 0.1) is 0 Å². The molecule has 0 bridgehead atoms. The summed E-state index contributed by atoms with van der Waals surface area (Å²) in [6, 6.07) is 8.81. The van der Waals surface area contributed by atoms with Gasteiger partial charge in [-0.2, -0.15) is 0 Å². The van der Waals surface area contributed by atoms with Gasteiger partial charge in [0.1, 0.15) is 0 Å². The Morgan fingerprint density at radius 2 is 2.12 bits per heavy atom. The fourth-order valence-electron chi connectivity index (χ4n) is 4.29. The molecule has 1 aromatic carbocycles. The van der Waals surface area contributed by atoms with Crippen molar-refractivity contribution in [3.63, 3.8) is 0 Å². The van der Waals surface area contributed by atoms with Crippen LogP contribution in [0.3, 0.4) is 0 Å². The molecule has 1 aromatic rings. The van der Waals surface area contributed by atoms with Crippen molar-refractivity contribution >= 4 is 6.03 Å². The number of aliphatic hydroxyl groups excluding tert-OH is 1. The minimum absolute atomic E-state index is 0.0311. The van der Waals surface area contributed by atoms with Crippen LogP contribution in [-0.2, 0) is 5.41 Å². The average molecular weight is 330 g/mol. The van der Waals surface area contributed by atoms with Crippen molar-refractivity contribution in [3.05, 3.63) is 35.4 Å². The van der Waals surface area contributed by atoms with E-state index in [0.717, 1.165) is 32.4 Å². The first-order chi connectivity index (χ1) is 11.6. The van der Waals surface area contributed by atoms with Crippen molar-refractivity contribution in [1.29, 1.82) is 0 Å². The number of hydrogen-bond acceptors (Lipinski definition) is 2. The lowest BCUT2D eigenvalue weighted by Crippen LogP contribution is -2.46. The van der Waals surface area contributed by atoms with Gasteiger partial charge >= 0.3 is 6.03 Å². The number of carbonyl (C=O) groups is 1. The predicted octanol–water partition coefficient (Wildman–Crippen LogP) is 3.22. The van der Waals surface area contributed by atoms with Crippen molar-refractivity contribution < 1.29 is 9.90 Å². The van der Waals surface area contributed by atoms with Crippen molar-refractivity contribution in [2.75, 3.05) is 26.2 Å². The number of aliphatic hydroxyl groups is 1. The van der Waals surface area contributed by atoms with Gasteiger partial charge in [-0.15, -0.1) is 0 Å². The van der Waals surface area contributed by atoms with Crippen LogP contribution in [0.25, 0.3) is 0 Å². The minimum Gasteiger partial charge on any atom is -0.396 e. The predicted molar refractivity (Wildman–Crippen MR) is 96.1 cm³/mol. The monoisotopic (exact) mass is 330 g/mol. The zero-order valence-corrected chi connectivity index (χ0v) is 14.8. The van der Waals surface area contributed by atoms with E-state index in [1.54, 1.807) is 0 Å². The zero-order valence-electron chi connectivity index (χ0n) is 14.8. The van der Waals surface area contributed by atoms with Gasteiger partial charge in [-0.05, 0) is 31.7 Å². The fourth-order valence-corrected chi connectivity index (χ4v) is 4.29. The summed E-state index contributed by atoms with van der Waals surface area (Å²) in [4.78, 5) is 14.4. The Balaban J connectivity index is 1.68. The fraction of sp³-hybridized carbons (Fsp3) is 0.650. The molecule has 2 amide bonds. The van der Waals surface area contributed by atoms with Gasteiger partial charge in [-0.1, -0.05) is 49.1 Å². The van der Waals surface area contributed by atoms with E-state index in [1.165, 1.54) is 30.4 Å². The summed E-state index contributed by atoms with van der Waals surface area (Å²) in [6.07, 6.45) is 6.98. The summed E-state index contributed by atoms with van der Waals surface area (Å²) < 4.78 is 0. The molecule has 0 aromatic heterocycles. The molecule has 0 spiro atoms. The summed E-state index contributed by atoms with van der Waals surface area (Å²) >= 11 is 0. The van der Waals surface area contributed by atoms with Crippen molar-refractivity contribution in [2.24, 2.45) is 5.92 Å². The molecule has 1 heterocycles. The number of aryl methyl sites for hydroxylation is 1. The van der Waals surface area contributed by atoms with Gasteiger partial charge in [0.25, 0.3) is 0 Å². The van der Waals surface area contributed by atoms with Crippen LogP contribution >= 0.6 is 0 Å². The summed E-state index contributed by atoms with van der Waals surface area (Å²) in [5.74, 6) is 0.246. The van der Waals surface area contributed by atoms with Crippen LogP contribution in [0.15, 0.2) is 24.3 Å². The number of carbonyl (C=O) groups excluding carboxylic acids is 1. The standard InChI is InChI=1S/C20H30N2O2/c1-16-6-5-7-18(12-16)20(9-3-2-4-10-20)15-21-19(24)22-11-8-17(13-22)14-23/h5-7,12,17,23H,2-4,8-11,13-15H2,1H3,(H,21,24). The Labute approximate surface area is 145 Å². The molecule has 1 aliphatic heterocycles. The highest BCUT2D eigenvalue weighted by Gasteiger charge is 2.35. The molecule has 3 rings (SSSR count). The first-order valence-electron chi connectivity index (χ1n) is 9.34. The minimum atomic E-state index is 0.0311. The third-order valence-electron chi connectivity index (χ3n) is 5.85. The van der Waals surface area contributed by atoms with Crippen LogP contribution in [0.2, 0.25) is 0 Å². The second kappa shape index (κ2) is 7.56. The third kappa shape index (κ3) is 3.75. The summed E-state index contributed by atoms with van der Waals surface area (Å²) in [5.41, 5.74) is 2.74. The Bertz CT molecular complexity index is 567. The summed E-state index contributed by atoms with van der Waals surface area (Å²) in [5, 5.41) is 12.5. The molecule has 1 atom stereocenters. The molecule has 0 radical (unpaired) electrons. The number of likely N-dealkylation sites (tertiary alicyclic amines) is 1. The molecule has 1 aliphatic carbocycles. The normalized spacial score (nSPS) is 23.2. The number of amides is 2. The Kier molecular flexibility index (Phi) is 5.44. The lowest BCUT2D eigenvalue weighted by Gasteiger charge is -2.38. The van der Waals surface area contributed by atoms with E-state index in [-0.39, 0.29) is 24.0 Å². The molecule has 2 fully saturated rings. The molecule has 1 saturated heterocycles. The highest BCUT2D eigenvalue weighted by Crippen LogP contribution is 2.39. The van der Waals surface area contributed by atoms with Gasteiger partial charge in [-0.3, -0.25) is 0 Å². The van der Waals surface area contributed by atoms with E-state index in [0.29, 0.717) is 6.54 Å². The Hall–Kier alpha value is -1.55. The van der Waals surface area contributed by atoms with Crippen molar-refractivity contribution in [1.82, 2.24) is 10.2 Å². The summed E-state index contributed by atoms with van der Waals surface area (Å²) in [6.45, 7) is 4.47. The van der Waals surface area contributed by atoms with Crippen LogP contribution in [0.5, 0.6) is 0 Å². The number of hydrogen-bond donors (Lipinski definition) is 2. The lowest BCUT2D eigenvalue weighted by molar-refractivity contribution is 0.192. The molecule has 1 saturated carbocycles. The van der Waals surface area contributed by atoms with Gasteiger partial charge in [-0.25, -0.2) is 4.79 Å². The average Bonchev–Trinajstić information content (AvgIpc) is 3.10. The van der Waals surface area contributed by atoms with E-state index in [4.69, 9.17) is 0 Å². The quantitative estimate of drug-likeness (QED) is 0.890. The highest BCUT2D eigenvalue weighted by atomic mass is 16.3. The van der Waals surface area contributed by atoms with Crippen LogP contribution < -0.4 is 5.32 Å². The molecule has 132 valence electrons. The van der Waals surface area contributed by atoms with Crippen LogP contribution in [0.1, 0.15) is 49.7 Å². The number of urea groups is 1. The van der Waals surface area contributed by atoms with Gasteiger partial charge in [0.15, 0.2) is 0 Å². The molecular formula is C20H30N2O2. The smallest absolute Gasteiger partial charge is 0.317 e. The number of rotatable bonds is 4. The van der Waals surface area contributed by atoms with Crippen molar-refractivity contribution in [2.45, 2.75) is 50.9 Å². The molecular weight excluding hydrogens is 300 g/mol. The highest BCUT2D eigenvalue weighted by molar-refractivity contribution is 5.74. The van der Waals surface area contributed by atoms with Crippen LogP contribution in [0.4, 0.5) is 4.79 Å². The zero-order chi connectivity index (χ0) is 17.0. The molecule has 2 N–H and O–H groups in total. The van der Waals surface area contributed by atoms with E-state index in [2.05, 4.69) is 36.5 Å². The van der Waals surface area contributed by atoms with Gasteiger partial charge < -0.3 is 15.3 Å². The van der Waals surface area contributed by atoms with Gasteiger partial charge in [0.2, 0.25) is 0 Å². The van der Waals surface area contributed by atoms with Crippen LogP contribution in [-0.4, -0.2) is 42.3 Å². The second-order valence-electron chi connectivity index (χ2n) is 7.65. The van der Waals surface area contributed by atoms with Crippen molar-refractivity contribution in [3.8, 4) is 0 Å². The molecule has 4 heteroatoms. The largest absolute Gasteiger partial charge is 0.396 e. The third-order valence-corrected chi connectivity index (χ3v) is 5.85. The number of benzene rings is 1. The summed E-state index contributed by atoms with van der Waals surface area (Å²) in [7, 11) is 0. The first-order valence-corrected chi connectivity index (χ1v) is 9.34. The lowest BCUT2D eigenvalue weighted by atomic mass is 9.69. The maximum atomic E-state index is 12.5. The second-order valence-corrected chi connectivity index (χ2v) is 7.65. The number of nitrogens with zero attached hydrogens (tertiary/aromatic N) is 1. The first kappa shape index (κ1) is 17.3. The topological polar surface area (TPSA) is 52.6 Å². The van der Waals surface area contributed by atoms with E-state index in [9.17, 15) is 9.90 Å². The molecule has 4 nitrogen and oxygen atoms in total. The van der Waals surface area contributed by atoms with E-state index >= 15 is 0 Å². The SMILES string of the molecule is Cc1cccc(C2(CNC(=O)N3CCC(CO)C3)CCCCC2)c1. The Morgan fingerprint density at radius 3 is 2.79 bits per heavy atom. The van der Waals surface area contributed by atoms with E-state index < -0.39 is 0 Å². The molecule has 2 aliphatic rings.